The molecule has 2 rings (SSSR count). The summed E-state index contributed by atoms with van der Waals surface area (Å²) in [7, 11) is 0. The number of rotatable bonds is 6. The molecule has 0 atom stereocenters. The molecule has 4 heteroatoms. The van der Waals surface area contributed by atoms with Gasteiger partial charge in [0.2, 0.25) is 0 Å². The molecule has 0 aliphatic carbocycles. The Morgan fingerprint density at radius 1 is 0.750 bits per heavy atom. The van der Waals surface area contributed by atoms with Gasteiger partial charge in [-0.1, -0.05) is 47.5 Å². The lowest BCUT2D eigenvalue weighted by Gasteiger charge is -2.21. The highest BCUT2D eigenvalue weighted by Crippen LogP contribution is 2.15. The third-order valence-electron chi connectivity index (χ3n) is 3.06. The molecule has 2 aromatic carbocycles. The second-order valence-corrected chi connectivity index (χ2v) is 5.56. The van der Waals surface area contributed by atoms with Crippen molar-refractivity contribution in [2.24, 2.45) is 0 Å². The Morgan fingerprint density at radius 3 is 1.50 bits per heavy atom. The van der Waals surface area contributed by atoms with Crippen LogP contribution in [0.3, 0.4) is 0 Å². The average molecular weight is 310 g/mol. The molecule has 0 radical (unpaired) electrons. The second-order valence-electron chi connectivity index (χ2n) is 4.69. The van der Waals surface area contributed by atoms with Gasteiger partial charge in [-0.3, -0.25) is 4.90 Å². The zero-order chi connectivity index (χ0) is 14.4. The van der Waals surface area contributed by atoms with Gasteiger partial charge in [-0.2, -0.15) is 0 Å². The number of halogens is 2. The molecule has 1 N–H and O–H groups in total. The normalized spacial score (nSPS) is 11.0. The summed E-state index contributed by atoms with van der Waals surface area (Å²) < 4.78 is 0. The van der Waals surface area contributed by atoms with E-state index in [0.717, 1.165) is 23.1 Å². The van der Waals surface area contributed by atoms with Crippen LogP contribution < -0.4 is 0 Å². The van der Waals surface area contributed by atoms with Gasteiger partial charge >= 0.3 is 0 Å². The minimum atomic E-state index is 0.140. The molecule has 2 aromatic rings. The first kappa shape index (κ1) is 15.3. The minimum Gasteiger partial charge on any atom is -0.395 e. The molecular formula is C16H17Cl2NO. The minimum absolute atomic E-state index is 0.140. The van der Waals surface area contributed by atoms with Crippen molar-refractivity contribution in [1.82, 2.24) is 4.90 Å². The predicted octanol–water partition coefficient (Wildman–Crippen LogP) is 3.99. The Bertz CT molecular complexity index is 478. The average Bonchev–Trinajstić information content (AvgIpc) is 2.44. The zero-order valence-electron chi connectivity index (χ0n) is 11.1. The number of benzene rings is 2. The number of aliphatic hydroxyl groups excluding tert-OH is 1. The molecule has 0 saturated heterocycles. The van der Waals surface area contributed by atoms with Crippen LogP contribution in [0.2, 0.25) is 10.0 Å². The number of nitrogens with zero attached hydrogens (tertiary/aromatic N) is 1. The molecule has 0 bridgehead atoms. The highest BCUT2D eigenvalue weighted by molar-refractivity contribution is 6.30. The van der Waals surface area contributed by atoms with Gasteiger partial charge in [0.05, 0.1) is 6.61 Å². The van der Waals surface area contributed by atoms with Gasteiger partial charge in [0.25, 0.3) is 0 Å². The lowest BCUT2D eigenvalue weighted by Crippen LogP contribution is -2.26. The first-order valence-electron chi connectivity index (χ1n) is 6.49. The van der Waals surface area contributed by atoms with Crippen LogP contribution in [0.4, 0.5) is 0 Å². The van der Waals surface area contributed by atoms with E-state index < -0.39 is 0 Å². The maximum atomic E-state index is 9.20. The fourth-order valence-corrected chi connectivity index (χ4v) is 2.30. The summed E-state index contributed by atoms with van der Waals surface area (Å²) in [5.74, 6) is 0. The maximum Gasteiger partial charge on any atom is 0.0558 e. The van der Waals surface area contributed by atoms with Crippen LogP contribution in [-0.2, 0) is 13.1 Å². The lowest BCUT2D eigenvalue weighted by molar-refractivity contribution is 0.184. The van der Waals surface area contributed by atoms with Crippen LogP contribution >= 0.6 is 23.2 Å². The van der Waals surface area contributed by atoms with E-state index in [4.69, 9.17) is 23.2 Å². The summed E-state index contributed by atoms with van der Waals surface area (Å²) in [6.07, 6.45) is 0. The number of hydrogen-bond acceptors (Lipinski definition) is 2. The van der Waals surface area contributed by atoms with Crippen molar-refractivity contribution in [3.63, 3.8) is 0 Å². The Labute approximate surface area is 129 Å². The molecule has 0 aromatic heterocycles. The third kappa shape index (κ3) is 4.80. The highest BCUT2D eigenvalue weighted by Gasteiger charge is 2.07. The van der Waals surface area contributed by atoms with Gasteiger partial charge in [-0.15, -0.1) is 0 Å². The summed E-state index contributed by atoms with van der Waals surface area (Å²) >= 11 is 11.8. The van der Waals surface area contributed by atoms with Crippen molar-refractivity contribution < 1.29 is 5.11 Å². The van der Waals surface area contributed by atoms with Gasteiger partial charge in [-0.05, 0) is 35.4 Å². The van der Waals surface area contributed by atoms with E-state index >= 15 is 0 Å². The Balaban J connectivity index is 2.02. The summed E-state index contributed by atoms with van der Waals surface area (Å²) in [5, 5.41) is 10.7. The van der Waals surface area contributed by atoms with Crippen LogP contribution in [0.5, 0.6) is 0 Å². The lowest BCUT2D eigenvalue weighted by atomic mass is 10.1. The van der Waals surface area contributed by atoms with E-state index in [9.17, 15) is 5.11 Å². The summed E-state index contributed by atoms with van der Waals surface area (Å²) in [6, 6.07) is 15.6. The van der Waals surface area contributed by atoms with Crippen molar-refractivity contribution >= 4 is 23.2 Å². The van der Waals surface area contributed by atoms with Crippen LogP contribution in [0, 0.1) is 0 Å². The molecule has 0 amide bonds. The zero-order valence-corrected chi connectivity index (χ0v) is 12.6. The number of aliphatic hydroxyl groups is 1. The van der Waals surface area contributed by atoms with Crippen molar-refractivity contribution in [3.05, 3.63) is 69.7 Å². The molecule has 0 fully saturated rings. The van der Waals surface area contributed by atoms with Crippen molar-refractivity contribution in [2.75, 3.05) is 13.2 Å². The quantitative estimate of drug-likeness (QED) is 0.872. The molecule has 0 spiro atoms. The van der Waals surface area contributed by atoms with Gasteiger partial charge < -0.3 is 5.11 Å². The topological polar surface area (TPSA) is 23.5 Å². The monoisotopic (exact) mass is 309 g/mol. The Hall–Kier alpha value is -1.06. The van der Waals surface area contributed by atoms with Gasteiger partial charge in [0.1, 0.15) is 0 Å². The fourth-order valence-electron chi connectivity index (χ4n) is 2.05. The third-order valence-corrected chi connectivity index (χ3v) is 3.56. The van der Waals surface area contributed by atoms with Crippen molar-refractivity contribution in [2.45, 2.75) is 13.1 Å². The first-order chi connectivity index (χ1) is 9.67. The maximum absolute atomic E-state index is 9.20. The molecule has 20 heavy (non-hydrogen) atoms. The first-order valence-corrected chi connectivity index (χ1v) is 7.25. The van der Waals surface area contributed by atoms with E-state index in [0.29, 0.717) is 6.54 Å². The van der Waals surface area contributed by atoms with Crippen LogP contribution in [-0.4, -0.2) is 23.2 Å². The van der Waals surface area contributed by atoms with E-state index in [1.807, 2.05) is 48.5 Å². The van der Waals surface area contributed by atoms with E-state index in [1.54, 1.807) is 0 Å². The molecule has 0 aliphatic rings. The smallest absolute Gasteiger partial charge is 0.0558 e. The molecule has 0 aliphatic heterocycles. The fraction of sp³-hybridized carbons (Fsp3) is 0.250. The van der Waals surface area contributed by atoms with Gasteiger partial charge in [0, 0.05) is 29.7 Å². The van der Waals surface area contributed by atoms with E-state index in [1.165, 1.54) is 11.1 Å². The van der Waals surface area contributed by atoms with Gasteiger partial charge in [0.15, 0.2) is 0 Å². The summed E-state index contributed by atoms with van der Waals surface area (Å²) in [6.45, 7) is 2.33. The van der Waals surface area contributed by atoms with E-state index in [2.05, 4.69) is 4.90 Å². The van der Waals surface area contributed by atoms with Gasteiger partial charge in [-0.25, -0.2) is 0 Å². The molecule has 2 nitrogen and oxygen atoms in total. The van der Waals surface area contributed by atoms with Crippen LogP contribution in [0.15, 0.2) is 48.5 Å². The van der Waals surface area contributed by atoms with Crippen LogP contribution in [0.25, 0.3) is 0 Å². The number of hydrogen-bond donors (Lipinski definition) is 1. The Kier molecular flexibility index (Phi) is 5.86. The molecule has 0 unspecified atom stereocenters. The van der Waals surface area contributed by atoms with E-state index in [-0.39, 0.29) is 6.61 Å². The Morgan fingerprint density at radius 2 is 1.15 bits per heavy atom. The summed E-state index contributed by atoms with van der Waals surface area (Å²) in [5.41, 5.74) is 2.36. The van der Waals surface area contributed by atoms with Crippen molar-refractivity contribution in [1.29, 1.82) is 0 Å². The SMILES string of the molecule is OCCN(Cc1ccc(Cl)cc1)Cc1ccc(Cl)cc1. The predicted molar refractivity (Wildman–Crippen MR) is 84.1 cm³/mol. The highest BCUT2D eigenvalue weighted by atomic mass is 35.5. The molecule has 0 heterocycles. The molecular weight excluding hydrogens is 293 g/mol. The van der Waals surface area contributed by atoms with Crippen molar-refractivity contribution in [3.8, 4) is 0 Å². The largest absolute Gasteiger partial charge is 0.395 e. The molecule has 0 saturated carbocycles. The second kappa shape index (κ2) is 7.65. The standard InChI is InChI=1S/C16H17Cl2NO/c17-15-5-1-13(2-6-15)11-19(9-10-20)12-14-3-7-16(18)8-4-14/h1-8,20H,9-12H2. The molecule has 106 valence electrons. The summed E-state index contributed by atoms with van der Waals surface area (Å²) in [4.78, 5) is 2.19. The van der Waals surface area contributed by atoms with Crippen LogP contribution in [0.1, 0.15) is 11.1 Å².